The summed E-state index contributed by atoms with van der Waals surface area (Å²) in [4.78, 5) is 33.5. The maximum atomic E-state index is 11.8. The molecule has 0 aliphatic carbocycles. The molecular weight excluding hydrogens is 252 g/mol. The van der Waals surface area contributed by atoms with Crippen LogP contribution in [0.25, 0.3) is 0 Å². The van der Waals surface area contributed by atoms with Gasteiger partial charge in [-0.3, -0.25) is 9.59 Å². The first-order chi connectivity index (χ1) is 8.95. The fraction of sp³-hybridized carbons (Fsp3) is 0.250. The van der Waals surface area contributed by atoms with Gasteiger partial charge in [0.25, 0.3) is 5.91 Å². The number of nitrogens with two attached hydrogens (primary N) is 1. The van der Waals surface area contributed by atoms with Crippen LogP contribution in [-0.2, 0) is 9.53 Å². The van der Waals surface area contributed by atoms with Crippen molar-refractivity contribution in [3.8, 4) is 0 Å². The Kier molecular flexibility index (Phi) is 5.01. The van der Waals surface area contributed by atoms with E-state index in [2.05, 4.69) is 5.32 Å². The molecule has 1 atom stereocenters. The summed E-state index contributed by atoms with van der Waals surface area (Å²) < 4.78 is 4.70. The summed E-state index contributed by atoms with van der Waals surface area (Å²) in [7, 11) is 1.34. The Labute approximate surface area is 109 Å². The van der Waals surface area contributed by atoms with Gasteiger partial charge >= 0.3 is 5.97 Å². The summed E-state index contributed by atoms with van der Waals surface area (Å²) in [6, 6.07) is 4.43. The van der Waals surface area contributed by atoms with Crippen LogP contribution in [0.15, 0.2) is 24.3 Å². The first-order valence-electron chi connectivity index (χ1n) is 5.38. The molecule has 0 radical (unpaired) electrons. The summed E-state index contributed by atoms with van der Waals surface area (Å²) in [5, 5.41) is 11.2. The number of hydrogen-bond acceptors (Lipinski definition) is 4. The van der Waals surface area contributed by atoms with Gasteiger partial charge < -0.3 is 20.9 Å². The topological polar surface area (TPSA) is 119 Å². The second-order valence-electron chi connectivity index (χ2n) is 3.76. The van der Waals surface area contributed by atoms with Gasteiger partial charge in [0, 0.05) is 18.2 Å². The number of carboxylic acid groups (broad SMARTS) is 1. The predicted octanol–water partition coefficient (Wildman–Crippen LogP) is -0.385. The highest BCUT2D eigenvalue weighted by atomic mass is 16.5. The van der Waals surface area contributed by atoms with E-state index in [1.807, 2.05) is 0 Å². The molecule has 4 N–H and O–H groups in total. The average Bonchev–Trinajstić information content (AvgIpc) is 2.38. The second-order valence-corrected chi connectivity index (χ2v) is 3.76. The van der Waals surface area contributed by atoms with E-state index in [4.69, 9.17) is 15.6 Å². The Bertz CT molecular complexity index is 483. The zero-order valence-electron chi connectivity index (χ0n) is 10.3. The molecule has 0 aromatic heterocycles. The van der Waals surface area contributed by atoms with Crippen molar-refractivity contribution in [3.63, 3.8) is 0 Å². The molecule has 1 aromatic rings. The zero-order valence-corrected chi connectivity index (χ0v) is 10.3. The number of aliphatic carboxylic acids is 1. The van der Waals surface area contributed by atoms with Crippen molar-refractivity contribution in [3.05, 3.63) is 35.4 Å². The number of primary amides is 1. The molecule has 0 saturated heterocycles. The third-order valence-electron chi connectivity index (χ3n) is 2.37. The maximum Gasteiger partial charge on any atom is 0.328 e. The summed E-state index contributed by atoms with van der Waals surface area (Å²) in [5.74, 6) is -2.36. The summed E-state index contributed by atoms with van der Waals surface area (Å²) in [6.45, 7) is -0.138. The fourth-order valence-corrected chi connectivity index (χ4v) is 1.37. The quantitative estimate of drug-likeness (QED) is 0.648. The van der Waals surface area contributed by atoms with Gasteiger partial charge in [-0.2, -0.15) is 0 Å². The molecule has 7 nitrogen and oxygen atoms in total. The Hall–Kier alpha value is -2.41. The Morgan fingerprint density at radius 2 is 1.79 bits per heavy atom. The first kappa shape index (κ1) is 14.7. The van der Waals surface area contributed by atoms with Gasteiger partial charge in [0.15, 0.2) is 6.04 Å². The number of carbonyl (C=O) groups excluding carboxylic acids is 2. The van der Waals surface area contributed by atoms with Crippen LogP contribution in [-0.4, -0.2) is 42.6 Å². The summed E-state index contributed by atoms with van der Waals surface area (Å²) in [5.41, 5.74) is 5.56. The van der Waals surface area contributed by atoms with E-state index in [1.165, 1.54) is 31.4 Å². The Morgan fingerprint density at radius 3 is 2.21 bits per heavy atom. The normalized spacial score (nSPS) is 11.6. The van der Waals surface area contributed by atoms with E-state index in [-0.39, 0.29) is 17.7 Å². The van der Waals surface area contributed by atoms with Crippen LogP contribution in [0.1, 0.15) is 20.7 Å². The highest BCUT2D eigenvalue weighted by Crippen LogP contribution is 2.04. The lowest BCUT2D eigenvalue weighted by Gasteiger charge is -2.13. The number of nitrogens with one attached hydrogen (secondary N) is 1. The smallest absolute Gasteiger partial charge is 0.328 e. The first-order valence-corrected chi connectivity index (χ1v) is 5.38. The predicted molar refractivity (Wildman–Crippen MR) is 65.7 cm³/mol. The molecule has 0 heterocycles. The van der Waals surface area contributed by atoms with Crippen LogP contribution in [0.5, 0.6) is 0 Å². The average molecular weight is 266 g/mol. The summed E-state index contributed by atoms with van der Waals surface area (Å²) in [6.07, 6.45) is 0. The minimum absolute atomic E-state index is 0.138. The van der Waals surface area contributed by atoms with E-state index in [0.717, 1.165) is 0 Å². The number of amides is 2. The van der Waals surface area contributed by atoms with Crippen molar-refractivity contribution in [1.29, 1.82) is 0 Å². The van der Waals surface area contributed by atoms with Gasteiger partial charge in [-0.25, -0.2) is 4.79 Å². The lowest BCUT2D eigenvalue weighted by Crippen LogP contribution is -2.43. The highest BCUT2D eigenvalue weighted by Gasteiger charge is 2.20. The molecule has 1 aromatic carbocycles. The molecule has 19 heavy (non-hydrogen) atoms. The number of methoxy groups -OCH3 is 1. The fourth-order valence-electron chi connectivity index (χ4n) is 1.37. The molecule has 7 heteroatoms. The van der Waals surface area contributed by atoms with Crippen molar-refractivity contribution >= 4 is 17.8 Å². The number of carbonyl (C=O) groups is 3. The van der Waals surface area contributed by atoms with E-state index in [1.54, 1.807) is 0 Å². The van der Waals surface area contributed by atoms with Crippen LogP contribution in [0.2, 0.25) is 0 Å². The summed E-state index contributed by atoms with van der Waals surface area (Å²) >= 11 is 0. The molecule has 102 valence electrons. The molecule has 0 fully saturated rings. The standard InChI is InChI=1S/C12H14N2O5/c1-19-6-9(12(17)18)14-11(16)8-4-2-7(3-5-8)10(13)15/h2-5,9H,6H2,1H3,(H2,13,15)(H,14,16)(H,17,18). The molecule has 0 spiro atoms. The highest BCUT2D eigenvalue weighted by molar-refractivity contribution is 5.98. The second kappa shape index (κ2) is 6.50. The van der Waals surface area contributed by atoms with Crippen LogP contribution in [0, 0.1) is 0 Å². The van der Waals surface area contributed by atoms with Crippen molar-refractivity contribution in [2.45, 2.75) is 6.04 Å². The van der Waals surface area contributed by atoms with Crippen molar-refractivity contribution < 1.29 is 24.2 Å². The van der Waals surface area contributed by atoms with Crippen molar-refractivity contribution in [2.75, 3.05) is 13.7 Å². The van der Waals surface area contributed by atoms with Gasteiger partial charge in [-0.1, -0.05) is 0 Å². The van der Waals surface area contributed by atoms with E-state index in [0.29, 0.717) is 0 Å². The lowest BCUT2D eigenvalue weighted by atomic mass is 10.1. The van der Waals surface area contributed by atoms with Gasteiger partial charge in [0.05, 0.1) is 6.61 Å². The number of carboxylic acids is 1. The third-order valence-corrected chi connectivity index (χ3v) is 2.37. The molecule has 1 unspecified atom stereocenters. The molecular formula is C12H14N2O5. The van der Waals surface area contributed by atoms with E-state index in [9.17, 15) is 14.4 Å². The van der Waals surface area contributed by atoms with Gasteiger partial charge in [-0.15, -0.1) is 0 Å². The lowest BCUT2D eigenvalue weighted by molar-refractivity contribution is -0.140. The van der Waals surface area contributed by atoms with Crippen LogP contribution in [0.4, 0.5) is 0 Å². The molecule has 1 rings (SSSR count). The molecule has 0 aliphatic heterocycles. The van der Waals surface area contributed by atoms with Crippen LogP contribution < -0.4 is 11.1 Å². The molecule has 0 saturated carbocycles. The number of hydrogen-bond donors (Lipinski definition) is 3. The number of ether oxygens (including phenoxy) is 1. The molecule has 2 amide bonds. The number of benzene rings is 1. The van der Waals surface area contributed by atoms with Gasteiger partial charge in [0.2, 0.25) is 5.91 Å². The minimum atomic E-state index is -1.19. The molecule has 0 aliphatic rings. The monoisotopic (exact) mass is 266 g/mol. The van der Waals surface area contributed by atoms with E-state index < -0.39 is 23.8 Å². The van der Waals surface area contributed by atoms with Crippen molar-refractivity contribution in [2.24, 2.45) is 5.73 Å². The van der Waals surface area contributed by atoms with E-state index >= 15 is 0 Å². The SMILES string of the molecule is COCC(NC(=O)c1ccc(C(N)=O)cc1)C(=O)O. The maximum absolute atomic E-state index is 11.8. The van der Waals surface area contributed by atoms with Gasteiger partial charge in [0.1, 0.15) is 0 Å². The largest absolute Gasteiger partial charge is 0.480 e. The van der Waals surface area contributed by atoms with Gasteiger partial charge in [-0.05, 0) is 24.3 Å². The molecule has 0 bridgehead atoms. The Balaban J connectivity index is 2.76. The Morgan fingerprint density at radius 1 is 1.26 bits per heavy atom. The van der Waals surface area contributed by atoms with Crippen molar-refractivity contribution in [1.82, 2.24) is 5.32 Å². The number of rotatable bonds is 6. The minimum Gasteiger partial charge on any atom is -0.480 e. The van der Waals surface area contributed by atoms with Crippen LogP contribution >= 0.6 is 0 Å². The third kappa shape index (κ3) is 4.07. The zero-order chi connectivity index (χ0) is 14.4. The van der Waals surface area contributed by atoms with Crippen LogP contribution in [0.3, 0.4) is 0 Å².